The Labute approximate surface area is 142 Å². The molecule has 8 heteroatoms. The van der Waals surface area contributed by atoms with Crippen LogP contribution in [0.25, 0.3) is 0 Å². The number of hydrogen-bond acceptors (Lipinski definition) is 6. The van der Waals surface area contributed by atoms with Crippen molar-refractivity contribution >= 4 is 11.9 Å². The molecule has 4 aliphatic rings. The molecule has 0 bridgehead atoms. The molecule has 140 valence electrons. The summed E-state index contributed by atoms with van der Waals surface area (Å²) in [6.07, 6.45) is 0. The molecule has 0 atom stereocenters. The SMILES string of the molecule is C1CO1.C1CO1.C1CO1.C1CO1.C=C(C)C(=O)O.C=C(C)C(=O)O. The number of epoxide rings is 4. The lowest BCUT2D eigenvalue weighted by Gasteiger charge is -1.79. The van der Waals surface area contributed by atoms with E-state index in [2.05, 4.69) is 32.1 Å². The van der Waals surface area contributed by atoms with Gasteiger partial charge in [-0.1, -0.05) is 13.2 Å². The first kappa shape index (κ1) is 24.5. The molecule has 0 amide bonds. The van der Waals surface area contributed by atoms with Crippen LogP contribution in [-0.4, -0.2) is 75.0 Å². The first-order valence-corrected chi connectivity index (χ1v) is 7.37. The Balaban J connectivity index is 0. The molecule has 4 heterocycles. The molecule has 4 fully saturated rings. The first-order chi connectivity index (χ1) is 11.3. The highest BCUT2D eigenvalue weighted by atomic mass is 16.6. The molecule has 0 aromatic carbocycles. The normalized spacial score (nSPS) is 15.8. The standard InChI is InChI=1S/2C4H6O2.4C2H4O/c2*1-3(2)4(5)6;4*1-2-3-1/h2*1H2,2H3,(H,5,6);4*1-2H2. The summed E-state index contributed by atoms with van der Waals surface area (Å²) in [6.45, 7) is 17.2. The van der Waals surface area contributed by atoms with Crippen molar-refractivity contribution in [3.63, 3.8) is 0 Å². The van der Waals surface area contributed by atoms with Crippen LogP contribution >= 0.6 is 0 Å². The van der Waals surface area contributed by atoms with Crippen molar-refractivity contribution in [1.29, 1.82) is 0 Å². The van der Waals surface area contributed by atoms with Crippen LogP contribution in [0.5, 0.6) is 0 Å². The number of aliphatic carboxylic acids is 2. The lowest BCUT2D eigenvalue weighted by atomic mass is 10.4. The molecule has 0 radical (unpaired) electrons. The van der Waals surface area contributed by atoms with Gasteiger partial charge < -0.3 is 29.2 Å². The Morgan fingerprint density at radius 2 is 0.708 bits per heavy atom. The van der Waals surface area contributed by atoms with E-state index in [0.29, 0.717) is 0 Å². The van der Waals surface area contributed by atoms with Crippen molar-refractivity contribution in [2.24, 2.45) is 0 Å². The van der Waals surface area contributed by atoms with Crippen LogP contribution in [0.3, 0.4) is 0 Å². The Hall–Kier alpha value is -1.74. The summed E-state index contributed by atoms with van der Waals surface area (Å²) in [5.74, 6) is -1.87. The number of carbonyl (C=O) groups is 2. The zero-order chi connectivity index (χ0) is 18.8. The van der Waals surface area contributed by atoms with Crippen LogP contribution in [0.1, 0.15) is 13.8 Å². The highest BCUT2D eigenvalue weighted by Gasteiger charge is 1.95. The molecule has 0 unspecified atom stereocenters. The van der Waals surface area contributed by atoms with Gasteiger partial charge in [-0.05, 0) is 13.8 Å². The Morgan fingerprint density at radius 1 is 0.625 bits per heavy atom. The molecular formula is C16H28O8. The highest BCUT2D eigenvalue weighted by molar-refractivity contribution is 5.85. The van der Waals surface area contributed by atoms with Crippen molar-refractivity contribution in [2.45, 2.75) is 13.8 Å². The number of rotatable bonds is 2. The van der Waals surface area contributed by atoms with E-state index < -0.39 is 11.9 Å². The summed E-state index contributed by atoms with van der Waals surface area (Å²) in [7, 11) is 0. The van der Waals surface area contributed by atoms with Crippen molar-refractivity contribution in [3.8, 4) is 0 Å². The van der Waals surface area contributed by atoms with Gasteiger partial charge in [0.15, 0.2) is 0 Å². The van der Waals surface area contributed by atoms with Crippen molar-refractivity contribution < 1.29 is 38.7 Å². The predicted molar refractivity (Wildman–Crippen MR) is 88.2 cm³/mol. The number of ether oxygens (including phenoxy) is 4. The third kappa shape index (κ3) is 71.4. The van der Waals surface area contributed by atoms with Gasteiger partial charge in [0.1, 0.15) is 0 Å². The van der Waals surface area contributed by atoms with Crippen molar-refractivity contribution in [2.75, 3.05) is 52.9 Å². The summed E-state index contributed by atoms with van der Waals surface area (Å²) in [5, 5.41) is 15.8. The van der Waals surface area contributed by atoms with Crippen LogP contribution in [0.4, 0.5) is 0 Å². The van der Waals surface area contributed by atoms with Gasteiger partial charge in [0, 0.05) is 11.1 Å². The Kier molecular flexibility index (Phi) is 18.0. The molecule has 24 heavy (non-hydrogen) atoms. The summed E-state index contributed by atoms with van der Waals surface area (Å²) >= 11 is 0. The fourth-order valence-corrected chi connectivity index (χ4v) is 0. The van der Waals surface area contributed by atoms with E-state index in [1.54, 1.807) is 0 Å². The van der Waals surface area contributed by atoms with Crippen LogP contribution in [0.2, 0.25) is 0 Å². The monoisotopic (exact) mass is 348 g/mol. The summed E-state index contributed by atoms with van der Waals surface area (Å²) in [5.41, 5.74) is 0.352. The quantitative estimate of drug-likeness (QED) is 0.566. The third-order valence-corrected chi connectivity index (χ3v) is 1.55. The minimum atomic E-state index is -0.935. The van der Waals surface area contributed by atoms with E-state index in [9.17, 15) is 9.59 Å². The maximum absolute atomic E-state index is 9.60. The third-order valence-electron chi connectivity index (χ3n) is 1.55. The molecule has 8 nitrogen and oxygen atoms in total. The summed E-state index contributed by atoms with van der Waals surface area (Å²) in [4.78, 5) is 19.2. The van der Waals surface area contributed by atoms with Gasteiger partial charge in [-0.25, -0.2) is 9.59 Å². The molecule has 0 aromatic rings. The Morgan fingerprint density at radius 3 is 0.708 bits per heavy atom. The molecule has 4 saturated heterocycles. The Bertz CT molecular complexity index is 287. The molecule has 2 N–H and O–H groups in total. The second kappa shape index (κ2) is 17.6. The highest BCUT2D eigenvalue weighted by Crippen LogP contribution is 1.85. The van der Waals surface area contributed by atoms with Crippen LogP contribution < -0.4 is 0 Å². The minimum absolute atomic E-state index is 0.176. The summed E-state index contributed by atoms with van der Waals surface area (Å²) < 4.78 is 18.0. The van der Waals surface area contributed by atoms with Gasteiger partial charge in [0.05, 0.1) is 52.9 Å². The van der Waals surface area contributed by atoms with E-state index in [4.69, 9.17) is 10.2 Å². The van der Waals surface area contributed by atoms with E-state index >= 15 is 0 Å². The smallest absolute Gasteiger partial charge is 0.330 e. The molecule has 4 rings (SSSR count). The predicted octanol–water partition coefficient (Wildman–Crippen LogP) is 1.36. The second-order valence-electron chi connectivity index (χ2n) is 4.62. The fraction of sp³-hybridized carbons (Fsp3) is 0.625. The van der Waals surface area contributed by atoms with Gasteiger partial charge in [0.2, 0.25) is 0 Å². The van der Waals surface area contributed by atoms with Crippen LogP contribution in [-0.2, 0) is 28.5 Å². The van der Waals surface area contributed by atoms with Crippen LogP contribution in [0.15, 0.2) is 24.3 Å². The van der Waals surface area contributed by atoms with Gasteiger partial charge in [-0.2, -0.15) is 0 Å². The van der Waals surface area contributed by atoms with Gasteiger partial charge in [-0.3, -0.25) is 0 Å². The summed E-state index contributed by atoms with van der Waals surface area (Å²) in [6, 6.07) is 0. The largest absolute Gasteiger partial charge is 0.478 e. The van der Waals surface area contributed by atoms with E-state index in [-0.39, 0.29) is 11.1 Å². The first-order valence-electron chi connectivity index (χ1n) is 7.37. The van der Waals surface area contributed by atoms with Gasteiger partial charge in [0.25, 0.3) is 0 Å². The molecule has 4 aliphatic heterocycles. The van der Waals surface area contributed by atoms with Gasteiger partial charge in [-0.15, -0.1) is 0 Å². The lowest BCUT2D eigenvalue weighted by molar-refractivity contribution is -0.133. The zero-order valence-corrected chi connectivity index (χ0v) is 14.4. The van der Waals surface area contributed by atoms with E-state index in [0.717, 1.165) is 52.9 Å². The molecular weight excluding hydrogens is 320 g/mol. The van der Waals surface area contributed by atoms with Crippen LogP contribution in [0, 0.1) is 0 Å². The van der Waals surface area contributed by atoms with Gasteiger partial charge >= 0.3 is 11.9 Å². The number of hydrogen-bond donors (Lipinski definition) is 2. The van der Waals surface area contributed by atoms with E-state index in [1.807, 2.05) is 0 Å². The fourth-order valence-electron chi connectivity index (χ4n) is 0. The molecule has 0 spiro atoms. The number of carboxylic acid groups (broad SMARTS) is 2. The molecule has 0 aliphatic carbocycles. The molecule has 0 saturated carbocycles. The lowest BCUT2D eigenvalue weighted by Crippen LogP contribution is -1.92. The maximum atomic E-state index is 9.60. The van der Waals surface area contributed by atoms with E-state index in [1.165, 1.54) is 13.8 Å². The van der Waals surface area contributed by atoms with Crippen molar-refractivity contribution in [1.82, 2.24) is 0 Å². The van der Waals surface area contributed by atoms with Crippen molar-refractivity contribution in [3.05, 3.63) is 24.3 Å². The zero-order valence-electron chi connectivity index (χ0n) is 14.4. The molecule has 0 aromatic heterocycles. The number of carboxylic acids is 2. The average Bonchev–Trinajstić information content (AvgIpc) is 3.32. The maximum Gasteiger partial charge on any atom is 0.330 e. The second-order valence-corrected chi connectivity index (χ2v) is 4.62. The minimum Gasteiger partial charge on any atom is -0.478 e. The topological polar surface area (TPSA) is 125 Å². The average molecular weight is 348 g/mol.